The Balaban J connectivity index is 1.80. The first-order valence-corrected chi connectivity index (χ1v) is 8.15. The van der Waals surface area contributed by atoms with E-state index in [0.717, 1.165) is 41.7 Å². The Morgan fingerprint density at radius 3 is 2.64 bits per heavy atom. The van der Waals surface area contributed by atoms with E-state index in [-0.39, 0.29) is 17.8 Å². The summed E-state index contributed by atoms with van der Waals surface area (Å²) in [4.78, 5) is 25.6. The quantitative estimate of drug-likeness (QED) is 0.829. The van der Waals surface area contributed by atoms with Gasteiger partial charge >= 0.3 is 5.97 Å². The van der Waals surface area contributed by atoms with Gasteiger partial charge in [-0.05, 0) is 56.6 Å². The standard InChI is InChI=1S/C16H21BrN2O3/c1-11-9-13(3-4-14(11)17)18-15(20)10-19-7-5-12(6-8-19)16(21)22-2/h3-4,9,12H,5-8,10H2,1-2H3,(H,18,20). The molecule has 6 heteroatoms. The van der Waals surface area contributed by atoms with E-state index >= 15 is 0 Å². The van der Waals surface area contributed by atoms with Crippen LogP contribution in [0.3, 0.4) is 0 Å². The van der Waals surface area contributed by atoms with Crippen molar-refractivity contribution in [2.45, 2.75) is 19.8 Å². The largest absolute Gasteiger partial charge is 0.469 e. The van der Waals surface area contributed by atoms with Crippen LogP contribution in [-0.4, -0.2) is 43.5 Å². The Bertz CT molecular complexity index is 554. The molecule has 1 amide bonds. The van der Waals surface area contributed by atoms with Gasteiger partial charge in [0.25, 0.3) is 0 Å². The fourth-order valence-electron chi connectivity index (χ4n) is 2.62. The molecule has 0 radical (unpaired) electrons. The van der Waals surface area contributed by atoms with E-state index in [1.54, 1.807) is 0 Å². The number of nitrogens with one attached hydrogen (secondary N) is 1. The number of piperidine rings is 1. The van der Waals surface area contributed by atoms with Gasteiger partial charge in [0.1, 0.15) is 0 Å². The molecule has 0 saturated carbocycles. The van der Waals surface area contributed by atoms with Gasteiger partial charge in [-0.2, -0.15) is 0 Å². The second-order valence-corrected chi connectivity index (χ2v) is 6.44. The molecular formula is C16H21BrN2O3. The summed E-state index contributed by atoms with van der Waals surface area (Å²) in [6, 6.07) is 5.73. The second-order valence-electron chi connectivity index (χ2n) is 5.59. The molecular weight excluding hydrogens is 348 g/mol. The molecule has 22 heavy (non-hydrogen) atoms. The zero-order valence-corrected chi connectivity index (χ0v) is 14.5. The number of anilines is 1. The first-order valence-electron chi connectivity index (χ1n) is 7.36. The van der Waals surface area contributed by atoms with Crippen LogP contribution < -0.4 is 5.32 Å². The molecule has 120 valence electrons. The maximum Gasteiger partial charge on any atom is 0.308 e. The number of methoxy groups -OCH3 is 1. The highest BCUT2D eigenvalue weighted by Crippen LogP contribution is 2.21. The Labute approximate surface area is 139 Å². The fourth-order valence-corrected chi connectivity index (χ4v) is 2.87. The number of ether oxygens (including phenoxy) is 1. The number of benzene rings is 1. The summed E-state index contributed by atoms with van der Waals surface area (Å²) in [7, 11) is 1.42. The summed E-state index contributed by atoms with van der Waals surface area (Å²) < 4.78 is 5.79. The third-order valence-corrected chi connectivity index (χ3v) is 4.82. The molecule has 1 aliphatic rings. The van der Waals surface area contributed by atoms with Gasteiger partial charge in [0.2, 0.25) is 5.91 Å². The monoisotopic (exact) mass is 368 g/mol. The van der Waals surface area contributed by atoms with Gasteiger partial charge in [0, 0.05) is 10.2 Å². The van der Waals surface area contributed by atoms with Crippen LogP contribution in [0.4, 0.5) is 5.69 Å². The highest BCUT2D eigenvalue weighted by Gasteiger charge is 2.26. The molecule has 1 aliphatic heterocycles. The SMILES string of the molecule is COC(=O)C1CCN(CC(=O)Nc2ccc(Br)c(C)c2)CC1. The van der Waals surface area contributed by atoms with Crippen LogP contribution in [0.15, 0.2) is 22.7 Å². The summed E-state index contributed by atoms with van der Waals surface area (Å²) in [5.74, 6) is -0.203. The first-order chi connectivity index (χ1) is 10.5. The van der Waals surface area contributed by atoms with Crippen molar-refractivity contribution < 1.29 is 14.3 Å². The van der Waals surface area contributed by atoms with Gasteiger partial charge < -0.3 is 10.1 Å². The molecule has 1 aromatic rings. The number of carbonyl (C=O) groups is 2. The van der Waals surface area contributed by atoms with Gasteiger partial charge in [-0.15, -0.1) is 0 Å². The highest BCUT2D eigenvalue weighted by atomic mass is 79.9. The van der Waals surface area contributed by atoms with Crippen molar-refractivity contribution in [2.75, 3.05) is 32.1 Å². The lowest BCUT2D eigenvalue weighted by atomic mass is 9.97. The van der Waals surface area contributed by atoms with Gasteiger partial charge in [-0.3, -0.25) is 14.5 Å². The molecule has 1 N–H and O–H groups in total. The number of esters is 1. The van der Waals surface area contributed by atoms with Crippen molar-refractivity contribution >= 4 is 33.5 Å². The molecule has 0 spiro atoms. The number of likely N-dealkylation sites (tertiary alicyclic amines) is 1. The highest BCUT2D eigenvalue weighted by molar-refractivity contribution is 9.10. The van der Waals surface area contributed by atoms with E-state index in [2.05, 4.69) is 26.1 Å². The number of amides is 1. The number of nitrogens with zero attached hydrogens (tertiary/aromatic N) is 1. The maximum absolute atomic E-state index is 12.1. The minimum atomic E-state index is -0.144. The Morgan fingerprint density at radius 1 is 1.36 bits per heavy atom. The van der Waals surface area contributed by atoms with E-state index in [1.165, 1.54) is 7.11 Å². The summed E-state index contributed by atoms with van der Waals surface area (Å²) in [6.07, 6.45) is 1.49. The van der Waals surface area contributed by atoms with E-state index < -0.39 is 0 Å². The van der Waals surface area contributed by atoms with Crippen molar-refractivity contribution in [2.24, 2.45) is 5.92 Å². The van der Waals surface area contributed by atoms with E-state index in [1.807, 2.05) is 25.1 Å². The molecule has 0 atom stereocenters. The van der Waals surface area contributed by atoms with Crippen LogP contribution in [-0.2, 0) is 14.3 Å². The van der Waals surface area contributed by atoms with Crippen molar-refractivity contribution in [3.05, 3.63) is 28.2 Å². The van der Waals surface area contributed by atoms with Crippen LogP contribution in [0.5, 0.6) is 0 Å². The topological polar surface area (TPSA) is 58.6 Å². The van der Waals surface area contributed by atoms with Crippen molar-refractivity contribution in [1.82, 2.24) is 4.90 Å². The van der Waals surface area contributed by atoms with Crippen LogP contribution in [0, 0.1) is 12.8 Å². The van der Waals surface area contributed by atoms with Gasteiger partial charge in [-0.1, -0.05) is 15.9 Å². The average molecular weight is 369 g/mol. The molecule has 0 aromatic heterocycles. The minimum absolute atomic E-state index is 0.0292. The zero-order valence-electron chi connectivity index (χ0n) is 12.9. The Hall–Kier alpha value is -1.40. The summed E-state index contributed by atoms with van der Waals surface area (Å²) in [5.41, 5.74) is 1.88. The summed E-state index contributed by atoms with van der Waals surface area (Å²) in [6.45, 7) is 3.82. The van der Waals surface area contributed by atoms with Crippen LogP contribution in [0.1, 0.15) is 18.4 Å². The van der Waals surface area contributed by atoms with Gasteiger partial charge in [-0.25, -0.2) is 0 Å². The maximum atomic E-state index is 12.1. The number of hydrogen-bond donors (Lipinski definition) is 1. The Morgan fingerprint density at radius 2 is 2.05 bits per heavy atom. The zero-order chi connectivity index (χ0) is 16.1. The smallest absolute Gasteiger partial charge is 0.308 e. The molecule has 1 fully saturated rings. The van der Waals surface area contributed by atoms with Crippen LogP contribution in [0.25, 0.3) is 0 Å². The van der Waals surface area contributed by atoms with Crippen LogP contribution >= 0.6 is 15.9 Å². The lowest BCUT2D eigenvalue weighted by molar-refractivity contribution is -0.147. The number of hydrogen-bond acceptors (Lipinski definition) is 4. The number of aryl methyl sites for hydroxylation is 1. The normalized spacial score (nSPS) is 16.3. The first kappa shape index (κ1) is 17.0. The number of halogens is 1. The van der Waals surface area contributed by atoms with Crippen molar-refractivity contribution in [1.29, 1.82) is 0 Å². The lowest BCUT2D eigenvalue weighted by Gasteiger charge is -2.29. The summed E-state index contributed by atoms with van der Waals surface area (Å²) in [5, 5.41) is 2.91. The molecule has 0 unspecified atom stereocenters. The molecule has 1 saturated heterocycles. The Kier molecular flexibility index (Phi) is 5.97. The predicted molar refractivity (Wildman–Crippen MR) is 88.7 cm³/mol. The molecule has 0 bridgehead atoms. The number of carbonyl (C=O) groups excluding carboxylic acids is 2. The van der Waals surface area contributed by atoms with Crippen molar-refractivity contribution in [3.63, 3.8) is 0 Å². The van der Waals surface area contributed by atoms with Gasteiger partial charge in [0.15, 0.2) is 0 Å². The van der Waals surface area contributed by atoms with E-state index in [4.69, 9.17) is 4.74 Å². The van der Waals surface area contributed by atoms with Gasteiger partial charge in [0.05, 0.1) is 19.6 Å². The predicted octanol–water partition coefficient (Wildman–Crippen LogP) is 2.58. The van der Waals surface area contributed by atoms with E-state index in [0.29, 0.717) is 6.54 Å². The average Bonchev–Trinajstić information content (AvgIpc) is 2.51. The number of rotatable bonds is 4. The molecule has 0 aliphatic carbocycles. The van der Waals surface area contributed by atoms with Crippen LogP contribution in [0.2, 0.25) is 0 Å². The van der Waals surface area contributed by atoms with E-state index in [9.17, 15) is 9.59 Å². The van der Waals surface area contributed by atoms with Crippen molar-refractivity contribution in [3.8, 4) is 0 Å². The third kappa shape index (κ3) is 4.55. The summed E-state index contributed by atoms with van der Waals surface area (Å²) >= 11 is 3.44. The molecule has 5 nitrogen and oxygen atoms in total. The lowest BCUT2D eigenvalue weighted by Crippen LogP contribution is -2.41. The molecule has 2 rings (SSSR count). The fraction of sp³-hybridized carbons (Fsp3) is 0.500. The molecule has 1 aromatic carbocycles. The minimum Gasteiger partial charge on any atom is -0.469 e. The molecule has 1 heterocycles. The second kappa shape index (κ2) is 7.74. The third-order valence-electron chi connectivity index (χ3n) is 3.93.